The number of carbonyl (C=O) groups is 3. The lowest BCUT2D eigenvalue weighted by Crippen LogP contribution is -2.35. The number of aliphatic hydroxyl groups is 1. The molecule has 1 aliphatic heterocycles. The number of amides is 1. The van der Waals surface area contributed by atoms with Crippen LogP contribution in [0.3, 0.4) is 0 Å². The van der Waals surface area contributed by atoms with E-state index in [2.05, 4.69) is 0 Å². The van der Waals surface area contributed by atoms with Gasteiger partial charge < -0.3 is 15.1 Å². The van der Waals surface area contributed by atoms with Gasteiger partial charge in [-0.2, -0.15) is 0 Å². The molecular weight excluding hydrogens is 308 g/mol. The second kappa shape index (κ2) is 5.87. The first-order valence-corrected chi connectivity index (χ1v) is 6.45. The van der Waals surface area contributed by atoms with Crippen LogP contribution < -0.4 is 0 Å². The molecule has 0 spiro atoms. The third-order valence-electron chi connectivity index (χ3n) is 3.42. The zero-order valence-corrected chi connectivity index (χ0v) is 11.9. The van der Waals surface area contributed by atoms with Crippen molar-refractivity contribution in [2.24, 2.45) is 0 Å². The fourth-order valence-corrected chi connectivity index (χ4v) is 2.53. The summed E-state index contributed by atoms with van der Waals surface area (Å²) in [5.74, 6) is -3.99. The van der Waals surface area contributed by atoms with Gasteiger partial charge in [0.15, 0.2) is 11.5 Å². The number of benzene rings is 1. The minimum Gasteiger partial charge on any atom is -0.503 e. The number of hydrogen-bond donors (Lipinski definition) is 2. The molecule has 0 fully saturated rings. The van der Waals surface area contributed by atoms with Gasteiger partial charge in [0.2, 0.25) is 0 Å². The maximum Gasteiger partial charge on any atom is 0.323 e. The van der Waals surface area contributed by atoms with Crippen molar-refractivity contribution < 1.29 is 29.5 Å². The number of ketones is 1. The molecule has 1 atom stereocenters. The molecule has 0 aliphatic carbocycles. The number of carboxylic acids is 1. The Labute approximate surface area is 129 Å². The predicted octanol–water partition coefficient (Wildman–Crippen LogP) is 0.964. The summed E-state index contributed by atoms with van der Waals surface area (Å²) in [6.45, 7) is 0.279. The molecule has 1 aromatic carbocycles. The molecule has 1 amide bonds. The molecule has 1 heterocycles. The average molecular weight is 320 g/mol. The van der Waals surface area contributed by atoms with Crippen molar-refractivity contribution in [3.8, 4) is 0 Å². The highest BCUT2D eigenvalue weighted by molar-refractivity contribution is 6.08. The summed E-state index contributed by atoms with van der Waals surface area (Å²) in [5.41, 5.74) is -0.777. The largest absolute Gasteiger partial charge is 0.503 e. The number of nitrogens with zero attached hydrogens (tertiary/aromatic N) is 2. The third-order valence-corrected chi connectivity index (χ3v) is 3.42. The molecular formula is C14H12N2O7. The van der Waals surface area contributed by atoms with Gasteiger partial charge in [0.05, 0.1) is 22.1 Å². The highest BCUT2D eigenvalue weighted by Crippen LogP contribution is 2.40. The average Bonchev–Trinajstić information content (AvgIpc) is 2.71. The number of nitro benzene ring substituents is 1. The summed E-state index contributed by atoms with van der Waals surface area (Å²) < 4.78 is 0. The molecule has 0 unspecified atom stereocenters. The van der Waals surface area contributed by atoms with Crippen molar-refractivity contribution in [3.05, 3.63) is 51.3 Å². The van der Waals surface area contributed by atoms with Gasteiger partial charge in [0.1, 0.15) is 6.54 Å². The maximum absolute atomic E-state index is 12.1. The highest BCUT2D eigenvalue weighted by atomic mass is 16.6. The van der Waals surface area contributed by atoms with Gasteiger partial charge in [-0.1, -0.05) is 12.1 Å². The van der Waals surface area contributed by atoms with Gasteiger partial charge in [-0.3, -0.25) is 24.5 Å². The minimum atomic E-state index is -1.38. The molecule has 9 heteroatoms. The van der Waals surface area contributed by atoms with Crippen LogP contribution in [0.1, 0.15) is 18.5 Å². The third kappa shape index (κ3) is 2.76. The van der Waals surface area contributed by atoms with Crippen molar-refractivity contribution in [3.63, 3.8) is 0 Å². The maximum atomic E-state index is 12.1. The van der Waals surface area contributed by atoms with Crippen LogP contribution in [0.25, 0.3) is 0 Å². The molecule has 0 saturated heterocycles. The topological polar surface area (TPSA) is 138 Å². The number of carboxylic acid groups (broad SMARTS) is 1. The van der Waals surface area contributed by atoms with E-state index in [1.54, 1.807) is 0 Å². The standard InChI is InChI=1S/C14H12N2O7/c1-7(17)11-12(8-4-2-3-5-9(8)16(22)23)15(6-10(18)19)14(21)13(11)20/h2-5,12,20H,6H2,1H3,(H,18,19)/t12-/m1/s1. The summed E-state index contributed by atoms with van der Waals surface area (Å²) in [7, 11) is 0. The Kier molecular flexibility index (Phi) is 4.12. The molecule has 0 radical (unpaired) electrons. The lowest BCUT2D eigenvalue weighted by molar-refractivity contribution is -0.385. The van der Waals surface area contributed by atoms with Gasteiger partial charge >= 0.3 is 5.97 Å². The Morgan fingerprint density at radius 2 is 1.96 bits per heavy atom. The molecule has 1 aliphatic rings. The molecule has 120 valence electrons. The molecule has 0 aromatic heterocycles. The van der Waals surface area contributed by atoms with Crippen LogP contribution in [0, 0.1) is 10.1 Å². The summed E-state index contributed by atoms with van der Waals surface area (Å²) in [6, 6.07) is 4.02. The first kappa shape index (κ1) is 16.1. The van der Waals surface area contributed by atoms with E-state index >= 15 is 0 Å². The number of carbonyl (C=O) groups excluding carboxylic acids is 2. The van der Waals surface area contributed by atoms with Crippen LogP contribution in [0.15, 0.2) is 35.6 Å². The van der Waals surface area contributed by atoms with E-state index in [9.17, 15) is 29.6 Å². The van der Waals surface area contributed by atoms with Gasteiger partial charge in [-0.25, -0.2) is 0 Å². The van der Waals surface area contributed by atoms with E-state index in [1.165, 1.54) is 24.3 Å². The van der Waals surface area contributed by atoms with E-state index in [0.717, 1.165) is 11.8 Å². The lowest BCUT2D eigenvalue weighted by Gasteiger charge is -2.24. The predicted molar refractivity (Wildman–Crippen MR) is 75.5 cm³/mol. The molecule has 2 rings (SSSR count). The quantitative estimate of drug-likeness (QED) is 0.608. The number of hydrogen-bond acceptors (Lipinski definition) is 6. The number of Topliss-reactive ketones (excluding diaryl/α,β-unsaturated/α-hetero) is 1. The van der Waals surface area contributed by atoms with Crippen LogP contribution in [0.2, 0.25) is 0 Å². The van der Waals surface area contributed by atoms with E-state index in [0.29, 0.717) is 0 Å². The Hall–Kier alpha value is -3.23. The molecule has 1 aromatic rings. The summed E-state index contributed by atoms with van der Waals surface area (Å²) in [4.78, 5) is 46.0. The van der Waals surface area contributed by atoms with Crippen LogP contribution in [-0.4, -0.2) is 44.2 Å². The molecule has 2 N–H and O–H groups in total. The smallest absolute Gasteiger partial charge is 0.323 e. The summed E-state index contributed by atoms with van der Waals surface area (Å²) >= 11 is 0. The second-order valence-electron chi connectivity index (χ2n) is 4.86. The van der Waals surface area contributed by atoms with Gasteiger partial charge in [-0.15, -0.1) is 0 Å². The van der Waals surface area contributed by atoms with Gasteiger partial charge in [0, 0.05) is 6.07 Å². The number of nitro groups is 1. The summed E-state index contributed by atoms with van der Waals surface area (Å²) in [5, 5.41) is 30.0. The monoisotopic (exact) mass is 320 g/mol. The van der Waals surface area contributed by atoms with Crippen LogP contribution >= 0.6 is 0 Å². The van der Waals surface area contributed by atoms with E-state index in [4.69, 9.17) is 5.11 Å². The number of aliphatic hydroxyl groups excluding tert-OH is 1. The van der Waals surface area contributed by atoms with Crippen LogP contribution in [-0.2, 0) is 14.4 Å². The van der Waals surface area contributed by atoms with E-state index < -0.39 is 40.9 Å². The Morgan fingerprint density at radius 1 is 1.35 bits per heavy atom. The number of rotatable bonds is 5. The normalized spacial score (nSPS) is 17.5. The zero-order chi connectivity index (χ0) is 17.3. The molecule has 0 saturated carbocycles. The Balaban J connectivity index is 2.67. The van der Waals surface area contributed by atoms with E-state index in [-0.39, 0.29) is 16.8 Å². The van der Waals surface area contributed by atoms with Gasteiger partial charge in [0.25, 0.3) is 11.6 Å². The van der Waals surface area contributed by atoms with Crippen molar-refractivity contribution >= 4 is 23.3 Å². The first-order valence-electron chi connectivity index (χ1n) is 6.45. The summed E-state index contributed by atoms with van der Waals surface area (Å²) in [6.07, 6.45) is 0. The molecule has 23 heavy (non-hydrogen) atoms. The van der Waals surface area contributed by atoms with Gasteiger partial charge in [-0.05, 0) is 13.0 Å². The van der Waals surface area contributed by atoms with Crippen LogP contribution in [0.4, 0.5) is 5.69 Å². The lowest BCUT2D eigenvalue weighted by atomic mass is 9.95. The SMILES string of the molecule is CC(=O)C1=C(O)C(=O)N(CC(=O)O)[C@@H]1c1ccccc1[N+](=O)[O-]. The fraction of sp³-hybridized carbons (Fsp3) is 0.214. The first-order chi connectivity index (χ1) is 10.8. The van der Waals surface area contributed by atoms with E-state index in [1.807, 2.05) is 0 Å². The Bertz CT molecular complexity index is 753. The second-order valence-corrected chi connectivity index (χ2v) is 4.86. The van der Waals surface area contributed by atoms with Crippen molar-refractivity contribution in [1.29, 1.82) is 0 Å². The fourth-order valence-electron chi connectivity index (χ4n) is 2.53. The zero-order valence-electron chi connectivity index (χ0n) is 11.9. The van der Waals surface area contributed by atoms with Crippen molar-refractivity contribution in [2.45, 2.75) is 13.0 Å². The Morgan fingerprint density at radius 3 is 2.48 bits per heavy atom. The number of para-hydroxylation sites is 1. The highest BCUT2D eigenvalue weighted by Gasteiger charge is 2.45. The number of aliphatic carboxylic acids is 1. The molecule has 0 bridgehead atoms. The van der Waals surface area contributed by atoms with Crippen LogP contribution in [0.5, 0.6) is 0 Å². The van der Waals surface area contributed by atoms with Crippen molar-refractivity contribution in [2.75, 3.05) is 6.54 Å². The van der Waals surface area contributed by atoms with Crippen molar-refractivity contribution in [1.82, 2.24) is 4.90 Å². The molecule has 9 nitrogen and oxygen atoms in total. The minimum absolute atomic E-state index is 0.0404.